The monoisotopic (exact) mass is 818 g/mol. The number of anilines is 2. The second-order valence-corrected chi connectivity index (χ2v) is 17.5. The van der Waals surface area contributed by atoms with E-state index in [0.717, 1.165) is 22.6 Å². The first-order valence-corrected chi connectivity index (χ1v) is 22.4. The summed E-state index contributed by atoms with van der Waals surface area (Å²) in [4.78, 5) is 0. The summed E-state index contributed by atoms with van der Waals surface area (Å²) >= 11 is 0. The van der Waals surface area contributed by atoms with Crippen molar-refractivity contribution < 1.29 is 0 Å². The molecule has 10 aromatic rings. The molecule has 1 N–H and O–H groups in total. The van der Waals surface area contributed by atoms with E-state index in [4.69, 9.17) is 0 Å². The van der Waals surface area contributed by atoms with Gasteiger partial charge in [-0.25, -0.2) is 0 Å². The van der Waals surface area contributed by atoms with Gasteiger partial charge in [-0.3, -0.25) is 0 Å². The highest BCUT2D eigenvalue weighted by Crippen LogP contribution is 2.67. The van der Waals surface area contributed by atoms with E-state index in [2.05, 4.69) is 266 Å². The fourth-order valence-electron chi connectivity index (χ4n) is 11.3. The summed E-state index contributed by atoms with van der Waals surface area (Å²) in [5.41, 5.74) is 18.7. The largest absolute Gasteiger partial charge is 0.355 e. The third-order valence-electron chi connectivity index (χ3n) is 14.0. The van der Waals surface area contributed by atoms with Crippen molar-refractivity contribution in [1.82, 2.24) is 4.57 Å². The Hall–Kier alpha value is -7.94. The van der Waals surface area contributed by atoms with Crippen LogP contribution in [0.5, 0.6) is 0 Å². The number of fused-ring (bicyclic) bond motifs is 7. The number of aromatic nitrogens is 1. The van der Waals surface area contributed by atoms with Crippen molar-refractivity contribution in [3.63, 3.8) is 0 Å². The van der Waals surface area contributed by atoms with Crippen LogP contribution in [0, 0.1) is 0 Å². The zero-order valence-electron chi connectivity index (χ0n) is 35.7. The van der Waals surface area contributed by atoms with E-state index >= 15 is 0 Å². The number of nitrogens with zero attached hydrogens (tertiary/aromatic N) is 1. The number of hydrogen-bond donors (Lipinski definition) is 1. The molecular formula is C62H46N2. The first-order valence-electron chi connectivity index (χ1n) is 22.4. The van der Waals surface area contributed by atoms with Crippen LogP contribution in [0.1, 0.15) is 46.4 Å². The molecule has 2 aliphatic rings. The molecule has 0 saturated carbocycles. The van der Waals surface area contributed by atoms with Crippen LogP contribution in [0.3, 0.4) is 0 Å². The zero-order valence-corrected chi connectivity index (χ0v) is 35.7. The highest BCUT2D eigenvalue weighted by molar-refractivity contribution is 5.97. The number of hydrogen-bond acceptors (Lipinski definition) is 1. The molecule has 1 aromatic heterocycles. The smallest absolute Gasteiger partial charge is 0.0538 e. The van der Waals surface area contributed by atoms with Gasteiger partial charge in [0, 0.05) is 39.3 Å². The summed E-state index contributed by atoms with van der Waals surface area (Å²) in [6.45, 7) is 2.48. The number of benzene rings is 9. The first-order chi connectivity index (χ1) is 31.6. The lowest BCUT2D eigenvalue weighted by molar-refractivity contribution is 0.400. The van der Waals surface area contributed by atoms with Crippen LogP contribution in [0.4, 0.5) is 11.4 Å². The molecule has 304 valence electrons. The number of nitrogens with one attached hydrogen (secondary N) is 1. The normalized spacial score (nSPS) is 16.8. The maximum Gasteiger partial charge on any atom is 0.0538 e. The average molecular weight is 819 g/mol. The molecule has 9 aromatic carbocycles. The quantitative estimate of drug-likeness (QED) is 0.162. The SMILES string of the molecule is CC12C=Cc3c(c4cc(-c5ccc(Nc6ccccc6)c(-c6ccccc6)c5)ccc4n3-c3cccc(-c4ccccc4)c3)C1C(c1ccccc1)(c1ccccc1)c1ccccc12. The molecule has 2 heteroatoms. The number of rotatable bonds is 8. The Labute approximate surface area is 375 Å². The lowest BCUT2D eigenvalue weighted by atomic mass is 9.57. The fraction of sp³-hybridized carbons (Fsp3) is 0.0645. The topological polar surface area (TPSA) is 17.0 Å². The Morgan fingerprint density at radius 2 is 1.00 bits per heavy atom. The highest BCUT2D eigenvalue weighted by atomic mass is 15.0. The summed E-state index contributed by atoms with van der Waals surface area (Å²) in [6, 6.07) is 86.9. The van der Waals surface area contributed by atoms with Crippen molar-refractivity contribution in [1.29, 1.82) is 0 Å². The molecule has 0 saturated heterocycles. The third kappa shape index (κ3) is 5.87. The molecule has 64 heavy (non-hydrogen) atoms. The minimum Gasteiger partial charge on any atom is -0.355 e. The van der Waals surface area contributed by atoms with E-state index in [1.54, 1.807) is 0 Å². The van der Waals surface area contributed by atoms with Crippen molar-refractivity contribution >= 4 is 28.4 Å². The van der Waals surface area contributed by atoms with Crippen molar-refractivity contribution in [2.75, 3.05) is 5.32 Å². The van der Waals surface area contributed by atoms with Gasteiger partial charge in [0.25, 0.3) is 0 Å². The molecular weight excluding hydrogens is 773 g/mol. The number of para-hydroxylation sites is 1. The van der Waals surface area contributed by atoms with E-state index in [-0.39, 0.29) is 11.3 Å². The van der Waals surface area contributed by atoms with Gasteiger partial charge in [0.05, 0.1) is 16.6 Å². The van der Waals surface area contributed by atoms with Crippen LogP contribution in [-0.2, 0) is 10.8 Å². The molecule has 0 fully saturated rings. The minimum absolute atomic E-state index is 0.0239. The van der Waals surface area contributed by atoms with Gasteiger partial charge in [-0.1, -0.05) is 201 Å². The van der Waals surface area contributed by atoms with E-state index in [1.165, 1.54) is 72.2 Å². The Balaban J connectivity index is 1.15. The standard InChI is InChI=1S/C62H46N2/c1-61-39-38-58-59(60(61)62(48-25-11-4-12-26-48,49-27-13-5-14-28-49)55-33-18-17-32-54(55)61)53-42-47(35-37-57(53)64(58)51-31-19-24-45(40-51)43-20-7-2-8-21-43)46-34-36-56(63-50-29-15-6-16-30-50)52(41-46)44-22-9-3-10-23-44/h2-42,60,63H,1H3. The van der Waals surface area contributed by atoms with Crippen molar-refractivity contribution in [3.05, 3.63) is 276 Å². The fourth-order valence-corrected chi connectivity index (χ4v) is 11.3. The lowest BCUT2D eigenvalue weighted by Gasteiger charge is -2.44. The lowest BCUT2D eigenvalue weighted by Crippen LogP contribution is -2.40. The number of allylic oxidation sites excluding steroid dienone is 1. The molecule has 0 amide bonds. The molecule has 0 spiro atoms. The molecule has 0 radical (unpaired) electrons. The summed E-state index contributed by atoms with van der Waals surface area (Å²) in [5, 5.41) is 5.00. The molecule has 12 rings (SSSR count). The molecule has 0 aliphatic heterocycles. The second kappa shape index (κ2) is 15.1. The van der Waals surface area contributed by atoms with Crippen molar-refractivity contribution in [3.8, 4) is 39.1 Å². The summed E-state index contributed by atoms with van der Waals surface area (Å²) in [5.74, 6) is 0.0239. The van der Waals surface area contributed by atoms with E-state index in [9.17, 15) is 0 Å². The van der Waals surface area contributed by atoms with Gasteiger partial charge in [0.15, 0.2) is 0 Å². The Bertz CT molecular complexity index is 3310. The van der Waals surface area contributed by atoms with Crippen LogP contribution < -0.4 is 5.32 Å². The van der Waals surface area contributed by atoms with Crippen LogP contribution in [0.2, 0.25) is 0 Å². The summed E-state index contributed by atoms with van der Waals surface area (Å²) < 4.78 is 2.53. The van der Waals surface area contributed by atoms with Gasteiger partial charge in [-0.15, -0.1) is 0 Å². The van der Waals surface area contributed by atoms with Gasteiger partial charge in [-0.05, 0) is 110 Å². The predicted molar refractivity (Wildman–Crippen MR) is 268 cm³/mol. The van der Waals surface area contributed by atoms with Gasteiger partial charge >= 0.3 is 0 Å². The van der Waals surface area contributed by atoms with E-state index < -0.39 is 5.41 Å². The third-order valence-corrected chi connectivity index (χ3v) is 14.0. The molecule has 1 heterocycles. The Morgan fingerprint density at radius 1 is 0.453 bits per heavy atom. The minimum atomic E-state index is -0.486. The molecule has 0 bridgehead atoms. The first kappa shape index (κ1) is 37.8. The maximum atomic E-state index is 3.73. The molecule has 2 nitrogen and oxygen atoms in total. The summed E-state index contributed by atoms with van der Waals surface area (Å²) in [7, 11) is 0. The molecule has 2 unspecified atom stereocenters. The average Bonchev–Trinajstić information content (AvgIpc) is 3.82. The Morgan fingerprint density at radius 3 is 1.69 bits per heavy atom. The van der Waals surface area contributed by atoms with Gasteiger partial charge < -0.3 is 9.88 Å². The highest BCUT2D eigenvalue weighted by Gasteiger charge is 2.61. The van der Waals surface area contributed by atoms with E-state index in [0.29, 0.717) is 0 Å². The Kier molecular flexibility index (Phi) is 8.95. The van der Waals surface area contributed by atoms with Gasteiger partial charge in [0.2, 0.25) is 0 Å². The van der Waals surface area contributed by atoms with Crippen LogP contribution in [0.25, 0.3) is 56.0 Å². The zero-order chi connectivity index (χ0) is 42.7. The van der Waals surface area contributed by atoms with Crippen molar-refractivity contribution in [2.45, 2.75) is 23.7 Å². The summed E-state index contributed by atoms with van der Waals surface area (Å²) in [6.07, 6.45) is 4.95. The second-order valence-electron chi connectivity index (χ2n) is 17.5. The maximum absolute atomic E-state index is 3.73. The van der Waals surface area contributed by atoms with E-state index in [1.807, 2.05) is 0 Å². The van der Waals surface area contributed by atoms with Gasteiger partial charge in [-0.2, -0.15) is 0 Å². The van der Waals surface area contributed by atoms with Crippen LogP contribution in [-0.4, -0.2) is 4.57 Å². The molecule has 2 atom stereocenters. The van der Waals surface area contributed by atoms with Crippen LogP contribution in [0.15, 0.2) is 243 Å². The predicted octanol–water partition coefficient (Wildman–Crippen LogP) is 15.8. The molecule has 2 aliphatic carbocycles. The van der Waals surface area contributed by atoms with Crippen molar-refractivity contribution in [2.24, 2.45) is 0 Å². The van der Waals surface area contributed by atoms with Gasteiger partial charge in [0.1, 0.15) is 0 Å². The van der Waals surface area contributed by atoms with Crippen LogP contribution >= 0.6 is 0 Å².